The third kappa shape index (κ3) is 1.24. The summed E-state index contributed by atoms with van der Waals surface area (Å²) in [6, 6.07) is 0. The number of carbonyl (C=O) groups excluding carboxylic acids is 2. The maximum Gasteiger partial charge on any atom is 0.221 e. The normalized spacial score (nSPS) is 40.1. The van der Waals surface area contributed by atoms with Gasteiger partial charge in [0.2, 0.25) is 11.6 Å². The predicted molar refractivity (Wildman–Crippen MR) is 58.3 cm³/mol. The Kier molecular flexibility index (Phi) is 2.18. The van der Waals surface area contributed by atoms with Gasteiger partial charge in [-0.05, 0) is 31.3 Å². The van der Waals surface area contributed by atoms with Gasteiger partial charge >= 0.3 is 0 Å². The van der Waals surface area contributed by atoms with Gasteiger partial charge in [0.1, 0.15) is 0 Å². The van der Waals surface area contributed by atoms with Gasteiger partial charge in [-0.15, -0.1) is 0 Å². The molecule has 2 aliphatic rings. The van der Waals surface area contributed by atoms with E-state index in [9.17, 15) is 9.59 Å². The lowest BCUT2D eigenvalue weighted by atomic mass is 9.57. The summed E-state index contributed by atoms with van der Waals surface area (Å²) in [6.07, 6.45) is 6.57. The van der Waals surface area contributed by atoms with Crippen molar-refractivity contribution >= 4 is 11.6 Å². The zero-order valence-electron chi connectivity index (χ0n) is 9.41. The fourth-order valence-electron chi connectivity index (χ4n) is 2.84. The Morgan fingerprint density at radius 2 is 2.07 bits per heavy atom. The zero-order chi connectivity index (χ0) is 11.2. The van der Waals surface area contributed by atoms with Crippen LogP contribution >= 0.6 is 0 Å². The molecule has 3 atom stereocenters. The molecule has 80 valence electrons. The quantitative estimate of drug-likeness (QED) is 0.448. The molecule has 0 saturated carbocycles. The first-order valence-corrected chi connectivity index (χ1v) is 5.41. The van der Waals surface area contributed by atoms with Crippen molar-refractivity contribution < 1.29 is 9.59 Å². The first kappa shape index (κ1) is 10.3. The third-order valence-corrected chi connectivity index (χ3v) is 4.09. The van der Waals surface area contributed by atoms with Crippen molar-refractivity contribution in [3.8, 4) is 0 Å². The molecule has 0 radical (unpaired) electrons. The van der Waals surface area contributed by atoms with E-state index >= 15 is 0 Å². The second kappa shape index (κ2) is 3.16. The summed E-state index contributed by atoms with van der Waals surface area (Å²) in [6.45, 7) is 5.91. The van der Waals surface area contributed by atoms with E-state index in [-0.39, 0.29) is 23.4 Å². The summed E-state index contributed by atoms with van der Waals surface area (Å²) >= 11 is 0. The maximum atomic E-state index is 12.0. The number of ketones is 2. The second-order valence-electron chi connectivity index (χ2n) is 4.87. The highest BCUT2D eigenvalue weighted by Crippen LogP contribution is 2.48. The van der Waals surface area contributed by atoms with E-state index in [0.717, 1.165) is 12.0 Å². The van der Waals surface area contributed by atoms with Crippen LogP contribution in [0, 0.1) is 17.3 Å². The van der Waals surface area contributed by atoms with Gasteiger partial charge in [-0.2, -0.15) is 0 Å². The number of carbonyl (C=O) groups is 2. The third-order valence-electron chi connectivity index (χ3n) is 4.09. The minimum atomic E-state index is -0.509. The number of hydrogen-bond acceptors (Lipinski definition) is 2. The van der Waals surface area contributed by atoms with Crippen LogP contribution in [0.1, 0.15) is 27.2 Å². The minimum absolute atomic E-state index is 0.149. The average molecular weight is 204 g/mol. The van der Waals surface area contributed by atoms with Gasteiger partial charge in [0.25, 0.3) is 0 Å². The maximum absolute atomic E-state index is 12.0. The Morgan fingerprint density at radius 1 is 1.40 bits per heavy atom. The highest BCUT2D eigenvalue weighted by molar-refractivity contribution is 6.44. The molecule has 2 rings (SSSR count). The Balaban J connectivity index is 2.56. The van der Waals surface area contributed by atoms with E-state index in [1.165, 1.54) is 6.08 Å². The molecule has 0 fully saturated rings. The highest BCUT2D eigenvalue weighted by Gasteiger charge is 2.50. The number of hydrogen-bond donors (Lipinski definition) is 0. The molecule has 0 aliphatic heterocycles. The molecule has 2 aliphatic carbocycles. The van der Waals surface area contributed by atoms with Gasteiger partial charge in [-0.3, -0.25) is 9.59 Å². The van der Waals surface area contributed by atoms with Crippen molar-refractivity contribution in [1.29, 1.82) is 0 Å². The summed E-state index contributed by atoms with van der Waals surface area (Å²) in [7, 11) is 0. The van der Waals surface area contributed by atoms with Gasteiger partial charge in [-0.25, -0.2) is 0 Å². The van der Waals surface area contributed by atoms with Gasteiger partial charge in [-0.1, -0.05) is 31.6 Å². The molecule has 0 spiro atoms. The standard InChI is InChI=1S/C13H16O2/c1-8-7-11(14)12(15)13(3)9(2)5-4-6-10(8)13/h4-5,7,9-10H,6H2,1-3H3. The summed E-state index contributed by atoms with van der Waals surface area (Å²) < 4.78 is 0. The summed E-state index contributed by atoms with van der Waals surface area (Å²) in [5.74, 6) is -0.178. The van der Waals surface area contributed by atoms with Crippen LogP contribution in [0.2, 0.25) is 0 Å². The van der Waals surface area contributed by atoms with Crippen LogP contribution < -0.4 is 0 Å². The van der Waals surface area contributed by atoms with E-state index in [0.29, 0.717) is 0 Å². The van der Waals surface area contributed by atoms with Crippen LogP contribution in [0.4, 0.5) is 0 Å². The van der Waals surface area contributed by atoms with E-state index < -0.39 is 5.41 Å². The van der Waals surface area contributed by atoms with E-state index in [2.05, 4.69) is 12.2 Å². The summed E-state index contributed by atoms with van der Waals surface area (Å²) in [5.41, 5.74) is 0.545. The fourth-order valence-corrected chi connectivity index (χ4v) is 2.84. The Hall–Kier alpha value is -1.18. The van der Waals surface area contributed by atoms with Crippen LogP contribution in [0.5, 0.6) is 0 Å². The van der Waals surface area contributed by atoms with Crippen molar-refractivity contribution in [2.24, 2.45) is 17.3 Å². The highest BCUT2D eigenvalue weighted by atomic mass is 16.2. The van der Waals surface area contributed by atoms with Crippen molar-refractivity contribution in [3.63, 3.8) is 0 Å². The van der Waals surface area contributed by atoms with Crippen LogP contribution in [-0.4, -0.2) is 11.6 Å². The lowest BCUT2D eigenvalue weighted by Crippen LogP contribution is -2.48. The minimum Gasteiger partial charge on any atom is -0.290 e. The number of fused-ring (bicyclic) bond motifs is 1. The molecule has 0 aromatic carbocycles. The molecule has 15 heavy (non-hydrogen) atoms. The number of allylic oxidation sites excluding steroid dienone is 4. The first-order chi connectivity index (χ1) is 6.98. The molecule has 2 heteroatoms. The Morgan fingerprint density at radius 3 is 2.73 bits per heavy atom. The van der Waals surface area contributed by atoms with Gasteiger partial charge < -0.3 is 0 Å². The Bertz CT molecular complexity index is 389. The average Bonchev–Trinajstić information content (AvgIpc) is 2.18. The van der Waals surface area contributed by atoms with Crippen LogP contribution in [-0.2, 0) is 9.59 Å². The van der Waals surface area contributed by atoms with Crippen molar-refractivity contribution in [1.82, 2.24) is 0 Å². The largest absolute Gasteiger partial charge is 0.290 e. The van der Waals surface area contributed by atoms with Gasteiger partial charge in [0, 0.05) is 5.41 Å². The molecule has 0 bridgehead atoms. The molecule has 2 nitrogen and oxygen atoms in total. The molecular weight excluding hydrogens is 188 g/mol. The van der Waals surface area contributed by atoms with E-state index in [4.69, 9.17) is 0 Å². The fraction of sp³-hybridized carbons (Fsp3) is 0.538. The molecular formula is C13H16O2. The smallest absolute Gasteiger partial charge is 0.221 e. The monoisotopic (exact) mass is 204 g/mol. The van der Waals surface area contributed by atoms with E-state index in [1.54, 1.807) is 0 Å². The van der Waals surface area contributed by atoms with Crippen molar-refractivity contribution in [3.05, 3.63) is 23.8 Å². The van der Waals surface area contributed by atoms with Crippen LogP contribution in [0.25, 0.3) is 0 Å². The molecule has 3 unspecified atom stereocenters. The predicted octanol–water partition coefficient (Wildman–Crippen LogP) is 2.30. The van der Waals surface area contributed by atoms with Crippen LogP contribution in [0.3, 0.4) is 0 Å². The molecule has 0 aromatic rings. The van der Waals surface area contributed by atoms with Crippen LogP contribution in [0.15, 0.2) is 23.8 Å². The summed E-state index contributed by atoms with van der Waals surface area (Å²) in [4.78, 5) is 23.6. The lowest BCUT2D eigenvalue weighted by molar-refractivity contribution is -0.144. The molecule has 0 saturated heterocycles. The van der Waals surface area contributed by atoms with Gasteiger partial charge in [0.15, 0.2) is 0 Å². The second-order valence-corrected chi connectivity index (χ2v) is 4.87. The lowest BCUT2D eigenvalue weighted by Gasteiger charge is -2.44. The van der Waals surface area contributed by atoms with Gasteiger partial charge in [0.05, 0.1) is 0 Å². The zero-order valence-corrected chi connectivity index (χ0v) is 9.41. The molecule has 0 heterocycles. The summed E-state index contributed by atoms with van der Waals surface area (Å²) in [5, 5.41) is 0. The van der Waals surface area contributed by atoms with Crippen molar-refractivity contribution in [2.45, 2.75) is 27.2 Å². The molecule has 0 aromatic heterocycles. The first-order valence-electron chi connectivity index (χ1n) is 5.41. The molecule has 0 N–H and O–H groups in total. The topological polar surface area (TPSA) is 34.1 Å². The number of Topliss-reactive ketones (excluding diaryl/α,β-unsaturated/α-hetero) is 1. The molecule has 0 amide bonds. The Labute approximate surface area is 90.1 Å². The van der Waals surface area contributed by atoms with Crippen molar-refractivity contribution in [2.75, 3.05) is 0 Å². The number of rotatable bonds is 0. The van der Waals surface area contributed by atoms with E-state index in [1.807, 2.05) is 20.8 Å². The SMILES string of the molecule is CC1=CC(=O)C(=O)C2(C)C(C)C=CCC12.